The van der Waals surface area contributed by atoms with Crippen LogP contribution in [0.1, 0.15) is 38.3 Å². The number of nitrogens with zero attached hydrogens (tertiary/aromatic N) is 4. The number of hydrogen-bond acceptors (Lipinski definition) is 6. The molecule has 0 bridgehead atoms. The third-order valence-corrected chi connectivity index (χ3v) is 6.43. The van der Waals surface area contributed by atoms with Crippen LogP contribution < -0.4 is 10.2 Å². The number of pyridine rings is 2. The number of ether oxygens (including phenoxy) is 1. The minimum absolute atomic E-state index is 0.150. The van der Waals surface area contributed by atoms with Crippen LogP contribution in [0.15, 0.2) is 24.4 Å². The van der Waals surface area contributed by atoms with Crippen LogP contribution in [0, 0.1) is 11.8 Å². The smallest absolute Gasteiger partial charge is 0.433 e. The van der Waals surface area contributed by atoms with Crippen LogP contribution in [0.4, 0.5) is 23.8 Å². The maximum atomic E-state index is 13.0. The van der Waals surface area contributed by atoms with Gasteiger partial charge in [0.2, 0.25) is 0 Å². The van der Waals surface area contributed by atoms with Crippen LogP contribution in [0.2, 0.25) is 0 Å². The molecule has 2 aromatic heterocycles. The summed E-state index contributed by atoms with van der Waals surface area (Å²) in [6, 6.07) is 3.66. The van der Waals surface area contributed by atoms with Crippen LogP contribution in [0.5, 0.6) is 0 Å². The molecular weight excluding hydrogens is 463 g/mol. The van der Waals surface area contributed by atoms with Crippen molar-refractivity contribution < 1.29 is 27.5 Å². The molecule has 1 saturated carbocycles. The second-order valence-corrected chi connectivity index (χ2v) is 9.14. The zero-order valence-corrected chi connectivity index (χ0v) is 19.7. The Morgan fingerprint density at radius 3 is 2.43 bits per heavy atom. The summed E-state index contributed by atoms with van der Waals surface area (Å²) in [5, 5.41) is 3.26. The molecule has 190 valence electrons. The van der Waals surface area contributed by atoms with Crippen molar-refractivity contribution in [1.29, 1.82) is 0 Å². The number of aromatic nitrogens is 2. The highest BCUT2D eigenvalue weighted by Gasteiger charge is 2.33. The number of alkyl halides is 3. The van der Waals surface area contributed by atoms with Gasteiger partial charge in [0.05, 0.1) is 12.1 Å². The minimum Gasteiger partial charge on any atom is -0.465 e. The maximum Gasteiger partial charge on any atom is 0.433 e. The fourth-order valence-corrected chi connectivity index (χ4v) is 4.41. The predicted molar refractivity (Wildman–Crippen MR) is 124 cm³/mol. The van der Waals surface area contributed by atoms with Crippen LogP contribution >= 0.6 is 0 Å². The zero-order chi connectivity index (χ0) is 25.0. The minimum atomic E-state index is -4.50. The molecule has 35 heavy (non-hydrogen) atoms. The first-order chi connectivity index (χ1) is 16.7. The summed E-state index contributed by atoms with van der Waals surface area (Å²) in [6.07, 6.45) is 0.845. The number of carbonyl (C=O) groups excluding carboxylic acids is 2. The number of anilines is 1. The molecule has 2 aliphatic rings. The summed E-state index contributed by atoms with van der Waals surface area (Å²) in [7, 11) is 0. The molecule has 0 aromatic carbocycles. The van der Waals surface area contributed by atoms with Gasteiger partial charge >= 0.3 is 18.2 Å². The Bertz CT molecular complexity index is 1050. The Labute approximate surface area is 201 Å². The summed E-state index contributed by atoms with van der Waals surface area (Å²) in [6.45, 7) is 4.47. The van der Waals surface area contributed by atoms with Crippen molar-refractivity contribution in [3.05, 3.63) is 30.1 Å². The molecule has 3 heterocycles. The van der Waals surface area contributed by atoms with Gasteiger partial charge in [-0.25, -0.2) is 14.8 Å². The highest BCUT2D eigenvalue weighted by molar-refractivity contribution is 5.89. The molecule has 8 nitrogen and oxygen atoms in total. The highest BCUT2D eigenvalue weighted by atomic mass is 19.4. The average Bonchev–Trinajstić information content (AvgIpc) is 3.66. The van der Waals surface area contributed by atoms with Gasteiger partial charge in [-0.05, 0) is 62.6 Å². The maximum absolute atomic E-state index is 13.0. The molecule has 1 N–H and O–H groups in total. The fraction of sp³-hybridized carbons (Fsp3) is 0.583. The van der Waals surface area contributed by atoms with Crippen LogP contribution in [-0.2, 0) is 15.7 Å². The molecule has 1 aliphatic carbocycles. The first kappa shape index (κ1) is 25.0. The van der Waals surface area contributed by atoms with Gasteiger partial charge in [-0.1, -0.05) is 0 Å². The third-order valence-electron chi connectivity index (χ3n) is 6.43. The predicted octanol–water partition coefficient (Wildman–Crippen LogP) is 3.85. The fourth-order valence-electron chi connectivity index (χ4n) is 4.41. The van der Waals surface area contributed by atoms with E-state index in [2.05, 4.69) is 20.2 Å². The number of rotatable bonds is 8. The number of carbonyl (C=O) groups is 2. The number of esters is 1. The standard InChI is InChI=1S/C24H30F3N5O3/c1-2-35-21(33)13-29-23(34)32(14-16-3-4-16)15-17-8-11-31(12-9-17)22-18-5-6-20(24(25,26)27)30-19(18)7-10-28-22/h5-7,10,16-17H,2-4,8-9,11-15H2,1H3,(H,29,34). The van der Waals surface area contributed by atoms with Gasteiger partial charge in [-0.3, -0.25) is 4.79 Å². The average molecular weight is 494 g/mol. The first-order valence-electron chi connectivity index (χ1n) is 12.0. The van der Waals surface area contributed by atoms with Crippen molar-refractivity contribution >= 4 is 28.7 Å². The Hall–Kier alpha value is -3.11. The Balaban J connectivity index is 1.37. The van der Waals surface area contributed by atoms with Crippen molar-refractivity contribution in [2.45, 2.75) is 38.8 Å². The number of halogens is 3. The molecule has 2 amide bonds. The van der Waals surface area contributed by atoms with Gasteiger partial charge < -0.3 is 19.9 Å². The normalized spacial score (nSPS) is 16.9. The number of piperidine rings is 1. The lowest BCUT2D eigenvalue weighted by atomic mass is 9.96. The largest absolute Gasteiger partial charge is 0.465 e. The molecule has 0 atom stereocenters. The molecule has 2 fully saturated rings. The van der Waals surface area contributed by atoms with E-state index in [1.807, 2.05) is 0 Å². The molecule has 0 radical (unpaired) electrons. The van der Waals surface area contributed by atoms with Crippen molar-refractivity contribution in [3.63, 3.8) is 0 Å². The van der Waals surface area contributed by atoms with Gasteiger partial charge in [-0.15, -0.1) is 0 Å². The lowest BCUT2D eigenvalue weighted by Gasteiger charge is -2.36. The van der Waals surface area contributed by atoms with Crippen LogP contribution in [0.25, 0.3) is 10.9 Å². The van der Waals surface area contributed by atoms with Gasteiger partial charge in [0, 0.05) is 37.8 Å². The quantitative estimate of drug-likeness (QED) is 0.562. The van der Waals surface area contributed by atoms with E-state index in [4.69, 9.17) is 4.74 Å². The molecule has 4 rings (SSSR count). The number of hydrogen-bond donors (Lipinski definition) is 1. The summed E-state index contributed by atoms with van der Waals surface area (Å²) >= 11 is 0. The lowest BCUT2D eigenvalue weighted by Crippen LogP contribution is -2.47. The Morgan fingerprint density at radius 1 is 1.11 bits per heavy atom. The van der Waals surface area contributed by atoms with E-state index in [1.165, 1.54) is 18.3 Å². The molecular formula is C24H30F3N5O3. The third kappa shape index (κ3) is 6.52. The second kappa shape index (κ2) is 10.7. The number of nitrogens with one attached hydrogen (secondary N) is 1. The van der Waals surface area contributed by atoms with Crippen molar-refractivity contribution in [3.8, 4) is 0 Å². The number of amides is 2. The lowest BCUT2D eigenvalue weighted by molar-refractivity contribution is -0.142. The van der Waals surface area contributed by atoms with E-state index in [0.29, 0.717) is 43.3 Å². The molecule has 2 aromatic rings. The monoisotopic (exact) mass is 493 g/mol. The molecule has 1 aliphatic heterocycles. The Morgan fingerprint density at radius 2 is 1.80 bits per heavy atom. The van der Waals surface area contributed by atoms with Gasteiger partial charge in [0.1, 0.15) is 18.1 Å². The SMILES string of the molecule is CCOC(=O)CNC(=O)N(CC1CC1)CC1CCN(c2nccc3nc(C(F)(F)F)ccc23)CC1. The topological polar surface area (TPSA) is 87.7 Å². The summed E-state index contributed by atoms with van der Waals surface area (Å²) in [5.41, 5.74) is -0.654. The summed E-state index contributed by atoms with van der Waals surface area (Å²) in [4.78, 5) is 36.4. The highest BCUT2D eigenvalue weighted by Crippen LogP contribution is 2.33. The van der Waals surface area contributed by atoms with Crippen LogP contribution in [0.3, 0.4) is 0 Å². The molecule has 0 unspecified atom stereocenters. The summed E-state index contributed by atoms with van der Waals surface area (Å²) in [5.74, 6) is 0.963. The van der Waals surface area contributed by atoms with E-state index >= 15 is 0 Å². The number of fused-ring (bicyclic) bond motifs is 1. The zero-order valence-electron chi connectivity index (χ0n) is 19.7. The van der Waals surface area contributed by atoms with E-state index in [1.54, 1.807) is 11.8 Å². The number of urea groups is 1. The van der Waals surface area contributed by atoms with Gasteiger partial charge in [0.25, 0.3) is 0 Å². The van der Waals surface area contributed by atoms with E-state index in [9.17, 15) is 22.8 Å². The van der Waals surface area contributed by atoms with Crippen molar-refractivity contribution in [1.82, 2.24) is 20.2 Å². The van der Waals surface area contributed by atoms with Gasteiger partial charge in [0.15, 0.2) is 0 Å². The first-order valence-corrected chi connectivity index (χ1v) is 12.0. The van der Waals surface area contributed by atoms with E-state index < -0.39 is 17.8 Å². The second-order valence-electron chi connectivity index (χ2n) is 9.14. The molecule has 0 spiro atoms. The van der Waals surface area contributed by atoms with Crippen LogP contribution in [-0.4, -0.2) is 66.2 Å². The van der Waals surface area contributed by atoms with E-state index in [0.717, 1.165) is 31.7 Å². The van der Waals surface area contributed by atoms with Gasteiger partial charge in [-0.2, -0.15) is 13.2 Å². The summed E-state index contributed by atoms with van der Waals surface area (Å²) < 4.78 is 44.0. The van der Waals surface area contributed by atoms with Crippen molar-refractivity contribution in [2.75, 3.05) is 44.2 Å². The van der Waals surface area contributed by atoms with E-state index in [-0.39, 0.29) is 30.6 Å². The molecule has 11 heteroatoms. The molecule has 1 saturated heterocycles. The Kier molecular flexibility index (Phi) is 7.61. The van der Waals surface area contributed by atoms with Crippen molar-refractivity contribution in [2.24, 2.45) is 11.8 Å².